The van der Waals surface area contributed by atoms with Crippen molar-refractivity contribution in [2.75, 3.05) is 44.8 Å². The van der Waals surface area contributed by atoms with E-state index in [-0.39, 0.29) is 18.3 Å². The summed E-state index contributed by atoms with van der Waals surface area (Å²) in [4.78, 5) is 25.1. The van der Waals surface area contributed by atoms with Crippen LogP contribution in [0, 0.1) is 19.7 Å². The zero-order chi connectivity index (χ0) is 20.3. The summed E-state index contributed by atoms with van der Waals surface area (Å²) in [7, 11) is 1.51. The number of hydrogen-bond acceptors (Lipinski definition) is 5. The molecule has 0 spiro atoms. The Hall–Kier alpha value is -2.25. The number of aromatic nitrogens is 2. The molecule has 1 aliphatic heterocycles. The third-order valence-electron chi connectivity index (χ3n) is 4.92. The van der Waals surface area contributed by atoms with Gasteiger partial charge in [-0.3, -0.25) is 4.79 Å². The first-order chi connectivity index (χ1) is 13.4. The summed E-state index contributed by atoms with van der Waals surface area (Å²) in [5.74, 6) is 1.08. The third-order valence-corrected chi connectivity index (χ3v) is 5.27. The molecule has 1 aliphatic rings. The van der Waals surface area contributed by atoms with Crippen LogP contribution < -0.4 is 4.90 Å². The van der Waals surface area contributed by atoms with Crippen molar-refractivity contribution in [1.82, 2.24) is 14.9 Å². The van der Waals surface area contributed by atoms with Crippen molar-refractivity contribution in [3.8, 4) is 0 Å². The molecule has 1 aromatic carbocycles. The van der Waals surface area contributed by atoms with Crippen molar-refractivity contribution >= 4 is 23.3 Å². The van der Waals surface area contributed by atoms with Crippen LogP contribution in [0.2, 0.25) is 5.02 Å². The summed E-state index contributed by atoms with van der Waals surface area (Å²) in [5, 5.41) is 0.390. The lowest BCUT2D eigenvalue weighted by atomic mass is 10.0. The Bertz CT molecular complexity index is 849. The monoisotopic (exact) mass is 406 g/mol. The van der Waals surface area contributed by atoms with Gasteiger partial charge in [0, 0.05) is 61.6 Å². The van der Waals surface area contributed by atoms with Crippen LogP contribution in [0.5, 0.6) is 0 Å². The molecule has 2 aromatic rings. The topological polar surface area (TPSA) is 58.6 Å². The van der Waals surface area contributed by atoms with Gasteiger partial charge in [0.25, 0.3) is 0 Å². The van der Waals surface area contributed by atoms with Gasteiger partial charge >= 0.3 is 0 Å². The Kier molecular flexibility index (Phi) is 6.46. The van der Waals surface area contributed by atoms with Crippen LogP contribution >= 0.6 is 11.6 Å². The minimum atomic E-state index is -0.339. The highest BCUT2D eigenvalue weighted by Gasteiger charge is 2.25. The zero-order valence-corrected chi connectivity index (χ0v) is 17.1. The molecule has 150 valence electrons. The maximum atomic E-state index is 14.3. The van der Waals surface area contributed by atoms with E-state index >= 15 is 0 Å². The molecule has 28 heavy (non-hydrogen) atoms. The largest absolute Gasteiger partial charge is 0.375 e. The Morgan fingerprint density at radius 3 is 2.54 bits per heavy atom. The highest BCUT2D eigenvalue weighted by molar-refractivity contribution is 6.31. The lowest BCUT2D eigenvalue weighted by Crippen LogP contribution is -2.50. The Labute approximate surface area is 169 Å². The molecule has 6 nitrogen and oxygen atoms in total. The van der Waals surface area contributed by atoms with Crippen LogP contribution in [-0.2, 0) is 16.0 Å². The van der Waals surface area contributed by atoms with E-state index < -0.39 is 0 Å². The zero-order valence-electron chi connectivity index (χ0n) is 16.3. The SMILES string of the molecule is COCC(=O)N1CCN(c2nc(C)nc(C)c2Cc2c(F)cccc2Cl)CC1. The fraction of sp³-hybridized carbons (Fsp3) is 0.450. The summed E-state index contributed by atoms with van der Waals surface area (Å²) in [6, 6.07) is 4.69. The van der Waals surface area contributed by atoms with Crippen molar-refractivity contribution in [2.45, 2.75) is 20.3 Å². The first-order valence-electron chi connectivity index (χ1n) is 9.19. The highest BCUT2D eigenvalue weighted by Crippen LogP contribution is 2.29. The van der Waals surface area contributed by atoms with Gasteiger partial charge in [0.15, 0.2) is 0 Å². The third kappa shape index (κ3) is 4.42. The summed E-state index contributed by atoms with van der Waals surface area (Å²) < 4.78 is 19.3. The number of piperazine rings is 1. The van der Waals surface area contributed by atoms with Crippen molar-refractivity contribution in [2.24, 2.45) is 0 Å². The Balaban J connectivity index is 1.87. The fourth-order valence-corrected chi connectivity index (χ4v) is 3.68. The molecule has 0 radical (unpaired) electrons. The minimum absolute atomic E-state index is 0.0180. The number of benzene rings is 1. The van der Waals surface area contributed by atoms with E-state index in [1.807, 2.05) is 13.8 Å². The van der Waals surface area contributed by atoms with Crippen LogP contribution in [0.4, 0.5) is 10.2 Å². The average Bonchev–Trinajstić information content (AvgIpc) is 2.66. The van der Waals surface area contributed by atoms with Gasteiger partial charge in [-0.25, -0.2) is 14.4 Å². The van der Waals surface area contributed by atoms with E-state index in [4.69, 9.17) is 16.3 Å². The number of anilines is 1. The van der Waals surface area contributed by atoms with Gasteiger partial charge in [-0.1, -0.05) is 17.7 Å². The quantitative estimate of drug-likeness (QED) is 0.764. The maximum absolute atomic E-state index is 14.3. The molecular formula is C20H24ClFN4O2. The fourth-order valence-electron chi connectivity index (χ4n) is 3.45. The molecule has 3 rings (SSSR count). The molecule has 1 amide bonds. The molecule has 1 aromatic heterocycles. The lowest BCUT2D eigenvalue weighted by molar-refractivity contribution is -0.135. The number of hydrogen-bond donors (Lipinski definition) is 0. The van der Waals surface area contributed by atoms with E-state index in [1.54, 1.807) is 17.0 Å². The number of methoxy groups -OCH3 is 1. The molecule has 1 fully saturated rings. The van der Waals surface area contributed by atoms with Crippen molar-refractivity contribution < 1.29 is 13.9 Å². The lowest BCUT2D eigenvalue weighted by Gasteiger charge is -2.36. The normalized spacial score (nSPS) is 14.5. The smallest absolute Gasteiger partial charge is 0.248 e. The van der Waals surface area contributed by atoms with E-state index in [9.17, 15) is 9.18 Å². The molecule has 0 bridgehead atoms. The number of carbonyl (C=O) groups excluding carboxylic acids is 1. The summed E-state index contributed by atoms with van der Waals surface area (Å²) >= 11 is 6.23. The first-order valence-corrected chi connectivity index (χ1v) is 9.57. The summed E-state index contributed by atoms with van der Waals surface area (Å²) in [5.41, 5.74) is 2.10. The second kappa shape index (κ2) is 8.84. The average molecular weight is 407 g/mol. The second-order valence-electron chi connectivity index (χ2n) is 6.84. The predicted octanol–water partition coefficient (Wildman–Crippen LogP) is 2.77. The van der Waals surface area contributed by atoms with Gasteiger partial charge in [0.05, 0.1) is 0 Å². The van der Waals surface area contributed by atoms with Gasteiger partial charge < -0.3 is 14.5 Å². The molecule has 2 heterocycles. The molecule has 1 saturated heterocycles. The molecule has 0 saturated carbocycles. The number of ether oxygens (including phenoxy) is 1. The van der Waals surface area contributed by atoms with Crippen LogP contribution in [0.25, 0.3) is 0 Å². The number of amides is 1. The summed E-state index contributed by atoms with van der Waals surface area (Å²) in [6.07, 6.45) is 0.315. The molecule has 0 unspecified atom stereocenters. The predicted molar refractivity (Wildman–Crippen MR) is 106 cm³/mol. The van der Waals surface area contributed by atoms with E-state index in [1.165, 1.54) is 13.2 Å². The number of rotatable bonds is 5. The van der Waals surface area contributed by atoms with Crippen molar-refractivity contribution in [3.63, 3.8) is 0 Å². The molecule has 0 atom stereocenters. The molecule has 0 aliphatic carbocycles. The number of nitrogens with zero attached hydrogens (tertiary/aromatic N) is 4. The Morgan fingerprint density at radius 1 is 1.18 bits per heavy atom. The molecule has 0 N–H and O–H groups in total. The van der Waals surface area contributed by atoms with Crippen LogP contribution in [0.1, 0.15) is 22.6 Å². The van der Waals surface area contributed by atoms with Crippen molar-refractivity contribution in [1.29, 1.82) is 0 Å². The van der Waals surface area contributed by atoms with Gasteiger partial charge in [-0.05, 0) is 26.0 Å². The highest BCUT2D eigenvalue weighted by atomic mass is 35.5. The van der Waals surface area contributed by atoms with Gasteiger partial charge in [0.1, 0.15) is 24.1 Å². The molecular weight excluding hydrogens is 383 g/mol. The van der Waals surface area contributed by atoms with Crippen LogP contribution in [0.3, 0.4) is 0 Å². The van der Waals surface area contributed by atoms with Crippen molar-refractivity contribution in [3.05, 3.63) is 51.7 Å². The van der Waals surface area contributed by atoms with Gasteiger partial charge in [-0.15, -0.1) is 0 Å². The maximum Gasteiger partial charge on any atom is 0.248 e. The van der Waals surface area contributed by atoms with Gasteiger partial charge in [0.2, 0.25) is 5.91 Å². The Morgan fingerprint density at radius 2 is 1.89 bits per heavy atom. The minimum Gasteiger partial charge on any atom is -0.375 e. The summed E-state index contributed by atoms with van der Waals surface area (Å²) in [6.45, 7) is 6.29. The number of aryl methyl sites for hydroxylation is 2. The van der Waals surface area contributed by atoms with Gasteiger partial charge in [-0.2, -0.15) is 0 Å². The van der Waals surface area contributed by atoms with Crippen LogP contribution in [-0.4, -0.2) is 60.7 Å². The van der Waals surface area contributed by atoms with E-state index in [0.29, 0.717) is 49.0 Å². The van der Waals surface area contributed by atoms with Crippen LogP contribution in [0.15, 0.2) is 18.2 Å². The first kappa shape index (κ1) is 20.5. The van der Waals surface area contributed by atoms with E-state index in [2.05, 4.69) is 14.9 Å². The standard InChI is InChI=1S/C20H24ClFN4O2/c1-13-15(11-16-17(21)5-4-6-18(16)22)20(24-14(2)23-13)26-9-7-25(8-10-26)19(27)12-28-3/h4-6H,7-12H2,1-3H3. The number of carbonyl (C=O) groups is 1. The second-order valence-corrected chi connectivity index (χ2v) is 7.24. The number of halogens is 2. The molecule has 8 heteroatoms. The van der Waals surface area contributed by atoms with E-state index in [0.717, 1.165) is 17.1 Å².